The smallest absolute Gasteiger partial charge is 0.240 e. The van der Waals surface area contributed by atoms with Crippen LogP contribution in [0.1, 0.15) is 16.7 Å². The summed E-state index contributed by atoms with van der Waals surface area (Å²) in [4.78, 5) is 4.66. The number of hydrogen-bond acceptors (Lipinski definition) is 3. The molecule has 2 aromatic carbocycles. The van der Waals surface area contributed by atoms with Crippen LogP contribution in [-0.4, -0.2) is 13.4 Å². The van der Waals surface area contributed by atoms with Gasteiger partial charge in [0.25, 0.3) is 0 Å². The number of rotatable bonds is 4. The highest BCUT2D eigenvalue weighted by atomic mass is 32.2. The lowest BCUT2D eigenvalue weighted by molar-refractivity contribution is 0.581. The molecule has 0 saturated heterocycles. The third kappa shape index (κ3) is 3.25. The molecule has 0 aliphatic carbocycles. The number of benzene rings is 2. The summed E-state index contributed by atoms with van der Waals surface area (Å²) in [6.07, 6.45) is 1.72. The average molecular weight is 326 g/mol. The number of hydrogen-bond donors (Lipinski definition) is 1. The van der Waals surface area contributed by atoms with Crippen molar-refractivity contribution in [3.8, 4) is 0 Å². The van der Waals surface area contributed by atoms with Crippen LogP contribution in [0.3, 0.4) is 0 Å². The Labute approximate surface area is 136 Å². The summed E-state index contributed by atoms with van der Waals surface area (Å²) in [7, 11) is -3.54. The van der Waals surface area contributed by atoms with E-state index in [1.807, 2.05) is 38.1 Å². The van der Waals surface area contributed by atoms with Gasteiger partial charge in [-0.25, -0.2) is 13.1 Å². The summed E-state index contributed by atoms with van der Waals surface area (Å²) >= 11 is 0. The molecule has 23 heavy (non-hydrogen) atoms. The Balaban J connectivity index is 1.91. The molecule has 0 bridgehead atoms. The molecule has 0 aliphatic heterocycles. The molecule has 0 saturated carbocycles. The first-order valence-electron chi connectivity index (χ1n) is 7.37. The molecule has 3 aromatic rings. The molecule has 0 radical (unpaired) electrons. The molecule has 0 fully saturated rings. The maximum atomic E-state index is 12.4. The molecular formula is C18H18N2O2S. The van der Waals surface area contributed by atoms with Crippen molar-refractivity contribution in [2.24, 2.45) is 0 Å². The molecule has 1 N–H and O–H groups in total. The van der Waals surface area contributed by atoms with Crippen molar-refractivity contribution in [1.82, 2.24) is 9.71 Å². The van der Waals surface area contributed by atoms with E-state index in [-0.39, 0.29) is 11.4 Å². The van der Waals surface area contributed by atoms with Crippen LogP contribution in [0.25, 0.3) is 10.9 Å². The van der Waals surface area contributed by atoms with Gasteiger partial charge in [-0.2, -0.15) is 0 Å². The monoisotopic (exact) mass is 326 g/mol. The SMILES string of the molecule is Cc1ccc(S(=O)(=O)NCc2c(C)ccc3cccnc23)cc1. The maximum absolute atomic E-state index is 12.4. The van der Waals surface area contributed by atoms with Crippen molar-refractivity contribution < 1.29 is 8.42 Å². The third-order valence-corrected chi connectivity index (χ3v) is 5.30. The zero-order valence-electron chi connectivity index (χ0n) is 13.1. The zero-order valence-corrected chi connectivity index (χ0v) is 13.9. The fraction of sp³-hybridized carbons (Fsp3) is 0.167. The molecule has 0 unspecified atom stereocenters. The van der Waals surface area contributed by atoms with Crippen LogP contribution in [0.2, 0.25) is 0 Å². The first-order chi connectivity index (χ1) is 11.0. The Hall–Kier alpha value is -2.24. The summed E-state index contributed by atoms with van der Waals surface area (Å²) in [5, 5.41) is 1.00. The van der Waals surface area contributed by atoms with Crippen LogP contribution in [0.4, 0.5) is 0 Å². The standard InChI is InChI=1S/C18H18N2O2S/c1-13-5-9-16(10-6-13)23(21,22)20-12-17-14(2)7-8-15-4-3-11-19-18(15)17/h3-11,20H,12H2,1-2H3. The van der Waals surface area contributed by atoms with Crippen LogP contribution in [-0.2, 0) is 16.6 Å². The molecule has 118 valence electrons. The van der Waals surface area contributed by atoms with Crippen LogP contribution >= 0.6 is 0 Å². The Bertz CT molecular complexity index is 948. The van der Waals surface area contributed by atoms with Crippen molar-refractivity contribution in [3.63, 3.8) is 0 Å². The van der Waals surface area contributed by atoms with E-state index >= 15 is 0 Å². The van der Waals surface area contributed by atoms with E-state index in [1.54, 1.807) is 30.5 Å². The topological polar surface area (TPSA) is 59.1 Å². The van der Waals surface area contributed by atoms with Crippen LogP contribution < -0.4 is 4.72 Å². The number of aromatic nitrogens is 1. The number of aryl methyl sites for hydroxylation is 2. The van der Waals surface area contributed by atoms with Crippen molar-refractivity contribution in [1.29, 1.82) is 0 Å². The molecule has 0 amide bonds. The number of nitrogens with zero attached hydrogens (tertiary/aromatic N) is 1. The molecule has 3 rings (SSSR count). The highest BCUT2D eigenvalue weighted by Crippen LogP contribution is 2.20. The Morgan fingerprint density at radius 1 is 1.00 bits per heavy atom. The van der Waals surface area contributed by atoms with Gasteiger partial charge in [-0.3, -0.25) is 4.98 Å². The predicted molar refractivity (Wildman–Crippen MR) is 91.7 cm³/mol. The number of fused-ring (bicyclic) bond motifs is 1. The molecule has 0 spiro atoms. The van der Waals surface area contributed by atoms with Gasteiger partial charge in [0.1, 0.15) is 0 Å². The van der Waals surface area contributed by atoms with Gasteiger partial charge in [0, 0.05) is 18.1 Å². The Morgan fingerprint density at radius 2 is 1.74 bits per heavy atom. The minimum absolute atomic E-state index is 0.219. The minimum Gasteiger partial charge on any atom is -0.256 e. The quantitative estimate of drug-likeness (QED) is 0.800. The van der Waals surface area contributed by atoms with Gasteiger partial charge in [0.15, 0.2) is 0 Å². The lowest BCUT2D eigenvalue weighted by Crippen LogP contribution is -2.23. The summed E-state index contributed by atoms with van der Waals surface area (Å²) in [6, 6.07) is 14.6. The lowest BCUT2D eigenvalue weighted by Gasteiger charge is -2.11. The lowest BCUT2D eigenvalue weighted by atomic mass is 10.0. The van der Waals surface area contributed by atoms with Crippen LogP contribution in [0.15, 0.2) is 59.6 Å². The fourth-order valence-electron chi connectivity index (χ4n) is 2.50. The number of pyridine rings is 1. The maximum Gasteiger partial charge on any atom is 0.240 e. The van der Waals surface area contributed by atoms with E-state index < -0.39 is 10.0 Å². The van der Waals surface area contributed by atoms with E-state index in [1.165, 1.54) is 0 Å². The van der Waals surface area contributed by atoms with Gasteiger partial charge in [0.2, 0.25) is 10.0 Å². The van der Waals surface area contributed by atoms with Crippen molar-refractivity contribution in [3.05, 3.63) is 71.4 Å². The number of nitrogens with one attached hydrogen (secondary N) is 1. The van der Waals surface area contributed by atoms with Gasteiger partial charge in [-0.05, 0) is 43.2 Å². The normalized spacial score (nSPS) is 11.7. The number of sulfonamides is 1. The van der Waals surface area contributed by atoms with Gasteiger partial charge in [0.05, 0.1) is 10.4 Å². The third-order valence-electron chi connectivity index (χ3n) is 3.88. The van der Waals surface area contributed by atoms with Crippen molar-refractivity contribution in [2.75, 3.05) is 0 Å². The Kier molecular flexibility index (Phi) is 4.15. The van der Waals surface area contributed by atoms with E-state index in [4.69, 9.17) is 0 Å². The molecule has 5 heteroatoms. The second-order valence-electron chi connectivity index (χ2n) is 5.57. The van der Waals surface area contributed by atoms with Gasteiger partial charge in [-0.15, -0.1) is 0 Å². The molecule has 1 heterocycles. The van der Waals surface area contributed by atoms with Crippen molar-refractivity contribution >= 4 is 20.9 Å². The molecular weight excluding hydrogens is 308 g/mol. The molecule has 0 atom stereocenters. The molecule has 1 aromatic heterocycles. The zero-order chi connectivity index (χ0) is 16.4. The van der Waals surface area contributed by atoms with Gasteiger partial charge in [-0.1, -0.05) is 35.9 Å². The summed E-state index contributed by atoms with van der Waals surface area (Å²) < 4.78 is 27.5. The molecule has 4 nitrogen and oxygen atoms in total. The minimum atomic E-state index is -3.54. The van der Waals surface area contributed by atoms with E-state index in [2.05, 4.69) is 9.71 Å². The predicted octanol–water partition coefficient (Wildman–Crippen LogP) is 3.33. The first kappa shape index (κ1) is 15.6. The fourth-order valence-corrected chi connectivity index (χ4v) is 3.49. The first-order valence-corrected chi connectivity index (χ1v) is 8.85. The largest absolute Gasteiger partial charge is 0.256 e. The van der Waals surface area contributed by atoms with Gasteiger partial charge < -0.3 is 0 Å². The summed E-state index contributed by atoms with van der Waals surface area (Å²) in [5.74, 6) is 0. The second-order valence-corrected chi connectivity index (χ2v) is 7.34. The van der Waals surface area contributed by atoms with E-state index in [0.29, 0.717) is 0 Å². The van der Waals surface area contributed by atoms with E-state index in [9.17, 15) is 8.42 Å². The molecule has 0 aliphatic rings. The van der Waals surface area contributed by atoms with E-state index in [0.717, 1.165) is 27.6 Å². The average Bonchev–Trinajstić information content (AvgIpc) is 2.54. The summed E-state index contributed by atoms with van der Waals surface area (Å²) in [5.41, 5.74) is 3.78. The van der Waals surface area contributed by atoms with Crippen LogP contribution in [0, 0.1) is 13.8 Å². The van der Waals surface area contributed by atoms with Crippen LogP contribution in [0.5, 0.6) is 0 Å². The van der Waals surface area contributed by atoms with Gasteiger partial charge >= 0.3 is 0 Å². The van der Waals surface area contributed by atoms with Crippen molar-refractivity contribution in [2.45, 2.75) is 25.3 Å². The highest BCUT2D eigenvalue weighted by molar-refractivity contribution is 7.89. The Morgan fingerprint density at radius 3 is 2.48 bits per heavy atom. The summed E-state index contributed by atoms with van der Waals surface area (Å²) in [6.45, 7) is 4.11. The highest BCUT2D eigenvalue weighted by Gasteiger charge is 2.15. The second kappa shape index (κ2) is 6.10.